The topological polar surface area (TPSA) is 67.2 Å². The monoisotopic (exact) mass is 287 g/mol. The molecule has 0 unspecified atom stereocenters. The molecule has 0 radical (unpaired) electrons. The van der Waals surface area contributed by atoms with Crippen molar-refractivity contribution in [3.63, 3.8) is 0 Å². The minimum absolute atomic E-state index is 0.0492. The SMILES string of the molecule is Cc1ccc(CO)cc1NC(=O)c1cc(C(C)C)nn1C. The molecule has 0 aliphatic carbocycles. The molecule has 0 saturated carbocycles. The zero-order chi connectivity index (χ0) is 15.6. The van der Waals surface area contributed by atoms with Crippen LogP contribution in [0.1, 0.15) is 47.1 Å². The maximum atomic E-state index is 12.4. The van der Waals surface area contributed by atoms with Crippen LogP contribution >= 0.6 is 0 Å². The highest BCUT2D eigenvalue weighted by Crippen LogP contribution is 2.19. The number of benzene rings is 1. The van der Waals surface area contributed by atoms with E-state index in [9.17, 15) is 9.90 Å². The number of carbonyl (C=O) groups is 1. The molecule has 1 amide bonds. The highest BCUT2D eigenvalue weighted by Gasteiger charge is 2.15. The van der Waals surface area contributed by atoms with Crippen molar-refractivity contribution in [3.05, 3.63) is 46.8 Å². The molecule has 1 aromatic heterocycles. The standard InChI is InChI=1S/C16H21N3O2/c1-10(2)13-8-15(19(4)18-13)16(21)17-14-7-12(9-20)6-5-11(14)3/h5-8,10,20H,9H2,1-4H3,(H,17,21). The average Bonchev–Trinajstić information content (AvgIpc) is 2.83. The zero-order valence-electron chi connectivity index (χ0n) is 12.8. The molecule has 5 nitrogen and oxygen atoms in total. The van der Waals surface area contributed by atoms with Crippen LogP contribution in [0.2, 0.25) is 0 Å². The summed E-state index contributed by atoms with van der Waals surface area (Å²) in [5.41, 5.74) is 3.84. The third-order valence-electron chi connectivity index (χ3n) is 3.46. The molecule has 1 heterocycles. The van der Waals surface area contributed by atoms with Crippen LogP contribution in [0, 0.1) is 6.92 Å². The highest BCUT2D eigenvalue weighted by molar-refractivity contribution is 6.03. The van der Waals surface area contributed by atoms with Crippen molar-refractivity contribution in [1.82, 2.24) is 9.78 Å². The molecule has 0 aliphatic heterocycles. The third kappa shape index (κ3) is 3.31. The van der Waals surface area contributed by atoms with Crippen LogP contribution in [0.4, 0.5) is 5.69 Å². The van der Waals surface area contributed by atoms with Crippen LogP contribution in [0.15, 0.2) is 24.3 Å². The van der Waals surface area contributed by atoms with Gasteiger partial charge in [-0.05, 0) is 36.1 Å². The summed E-state index contributed by atoms with van der Waals surface area (Å²) in [4.78, 5) is 12.4. The number of anilines is 1. The van der Waals surface area contributed by atoms with Crippen LogP contribution in [0.3, 0.4) is 0 Å². The second kappa shape index (κ2) is 6.10. The van der Waals surface area contributed by atoms with E-state index in [1.165, 1.54) is 0 Å². The van der Waals surface area contributed by atoms with Crippen molar-refractivity contribution in [2.45, 2.75) is 33.3 Å². The first-order chi connectivity index (χ1) is 9.92. The van der Waals surface area contributed by atoms with Crippen molar-refractivity contribution in [1.29, 1.82) is 0 Å². The molecule has 5 heteroatoms. The lowest BCUT2D eigenvalue weighted by Gasteiger charge is -2.09. The quantitative estimate of drug-likeness (QED) is 0.908. The van der Waals surface area contributed by atoms with Gasteiger partial charge in [0.1, 0.15) is 5.69 Å². The number of aryl methyl sites for hydroxylation is 2. The van der Waals surface area contributed by atoms with Gasteiger partial charge >= 0.3 is 0 Å². The Balaban J connectivity index is 2.26. The molecule has 112 valence electrons. The van der Waals surface area contributed by atoms with Gasteiger partial charge in [-0.1, -0.05) is 26.0 Å². The Morgan fingerprint density at radius 3 is 2.67 bits per heavy atom. The molecule has 2 rings (SSSR count). The number of nitrogens with one attached hydrogen (secondary N) is 1. The van der Waals surface area contributed by atoms with E-state index in [1.54, 1.807) is 17.8 Å². The van der Waals surface area contributed by atoms with E-state index in [0.29, 0.717) is 11.4 Å². The van der Waals surface area contributed by atoms with E-state index >= 15 is 0 Å². The number of amides is 1. The van der Waals surface area contributed by atoms with Crippen molar-refractivity contribution in [2.24, 2.45) is 7.05 Å². The maximum Gasteiger partial charge on any atom is 0.273 e. The first-order valence-corrected chi connectivity index (χ1v) is 6.98. The normalized spacial score (nSPS) is 11.0. The van der Waals surface area contributed by atoms with E-state index in [0.717, 1.165) is 16.8 Å². The van der Waals surface area contributed by atoms with E-state index in [-0.39, 0.29) is 18.4 Å². The molecule has 1 aromatic carbocycles. The summed E-state index contributed by atoms with van der Waals surface area (Å²) in [6, 6.07) is 7.31. The fourth-order valence-electron chi connectivity index (χ4n) is 2.07. The lowest BCUT2D eigenvalue weighted by molar-refractivity contribution is 0.101. The van der Waals surface area contributed by atoms with Gasteiger partial charge in [0.25, 0.3) is 5.91 Å². The second-order valence-corrected chi connectivity index (χ2v) is 5.49. The molecule has 2 aromatic rings. The zero-order valence-corrected chi connectivity index (χ0v) is 12.8. The summed E-state index contributed by atoms with van der Waals surface area (Å²) in [6.07, 6.45) is 0. The summed E-state index contributed by atoms with van der Waals surface area (Å²) in [5.74, 6) is 0.0762. The number of aliphatic hydroxyl groups is 1. The fraction of sp³-hybridized carbons (Fsp3) is 0.375. The van der Waals surface area contributed by atoms with Gasteiger partial charge < -0.3 is 10.4 Å². The summed E-state index contributed by atoms with van der Waals surface area (Å²) in [6.45, 7) is 5.95. The van der Waals surface area contributed by atoms with Crippen LogP contribution in [0.5, 0.6) is 0 Å². The number of hydrogen-bond donors (Lipinski definition) is 2. The van der Waals surface area contributed by atoms with Gasteiger partial charge in [0.2, 0.25) is 0 Å². The van der Waals surface area contributed by atoms with Crippen LogP contribution in [-0.4, -0.2) is 20.8 Å². The van der Waals surface area contributed by atoms with Crippen LogP contribution < -0.4 is 5.32 Å². The maximum absolute atomic E-state index is 12.4. The van der Waals surface area contributed by atoms with E-state index in [4.69, 9.17) is 0 Å². The Hall–Kier alpha value is -2.14. The average molecular weight is 287 g/mol. The molecule has 0 saturated heterocycles. The van der Waals surface area contributed by atoms with E-state index in [2.05, 4.69) is 10.4 Å². The predicted octanol–water partition coefficient (Wildman–Crippen LogP) is 2.60. The van der Waals surface area contributed by atoms with Crippen molar-refractivity contribution < 1.29 is 9.90 Å². The Morgan fingerprint density at radius 1 is 1.38 bits per heavy atom. The number of hydrogen-bond acceptors (Lipinski definition) is 3. The van der Waals surface area contributed by atoms with Gasteiger partial charge in [-0.15, -0.1) is 0 Å². The third-order valence-corrected chi connectivity index (χ3v) is 3.46. The predicted molar refractivity (Wildman–Crippen MR) is 82.4 cm³/mol. The molecular weight excluding hydrogens is 266 g/mol. The number of rotatable bonds is 4. The smallest absolute Gasteiger partial charge is 0.273 e. The van der Waals surface area contributed by atoms with Crippen LogP contribution in [-0.2, 0) is 13.7 Å². The molecule has 0 fully saturated rings. The Bertz CT molecular complexity index is 660. The van der Waals surface area contributed by atoms with Gasteiger partial charge in [0.05, 0.1) is 12.3 Å². The molecular formula is C16H21N3O2. The summed E-state index contributed by atoms with van der Waals surface area (Å²) in [5, 5.41) is 16.4. The van der Waals surface area contributed by atoms with Crippen molar-refractivity contribution >= 4 is 11.6 Å². The summed E-state index contributed by atoms with van der Waals surface area (Å²) < 4.78 is 1.59. The van der Waals surface area contributed by atoms with Gasteiger partial charge in [-0.25, -0.2) is 0 Å². The van der Waals surface area contributed by atoms with E-state index in [1.807, 2.05) is 39.0 Å². The number of nitrogens with zero attached hydrogens (tertiary/aromatic N) is 2. The lowest BCUT2D eigenvalue weighted by atomic mass is 10.1. The highest BCUT2D eigenvalue weighted by atomic mass is 16.3. The van der Waals surface area contributed by atoms with Crippen molar-refractivity contribution in [3.8, 4) is 0 Å². The van der Waals surface area contributed by atoms with Crippen molar-refractivity contribution in [2.75, 3.05) is 5.32 Å². The largest absolute Gasteiger partial charge is 0.392 e. The number of carbonyl (C=O) groups excluding carboxylic acids is 1. The summed E-state index contributed by atoms with van der Waals surface area (Å²) >= 11 is 0. The lowest BCUT2D eigenvalue weighted by Crippen LogP contribution is -2.16. The molecule has 0 bridgehead atoms. The first kappa shape index (κ1) is 15.3. The van der Waals surface area contributed by atoms with Gasteiger partial charge in [-0.2, -0.15) is 5.10 Å². The minimum Gasteiger partial charge on any atom is -0.392 e. The number of aliphatic hydroxyl groups excluding tert-OH is 1. The van der Waals surface area contributed by atoms with E-state index < -0.39 is 0 Å². The van der Waals surface area contributed by atoms with Gasteiger partial charge in [-0.3, -0.25) is 9.48 Å². The molecule has 2 N–H and O–H groups in total. The summed E-state index contributed by atoms with van der Waals surface area (Å²) in [7, 11) is 1.76. The minimum atomic E-state index is -0.199. The molecule has 21 heavy (non-hydrogen) atoms. The fourth-order valence-corrected chi connectivity index (χ4v) is 2.07. The van der Waals surface area contributed by atoms with Gasteiger partial charge in [0.15, 0.2) is 0 Å². The Morgan fingerprint density at radius 2 is 2.10 bits per heavy atom. The Labute approximate surface area is 124 Å². The molecule has 0 atom stereocenters. The van der Waals surface area contributed by atoms with Gasteiger partial charge in [0, 0.05) is 12.7 Å². The Kier molecular flexibility index (Phi) is 4.43. The molecule has 0 spiro atoms. The van der Waals surface area contributed by atoms with Crippen LogP contribution in [0.25, 0.3) is 0 Å². The molecule has 0 aliphatic rings. The second-order valence-electron chi connectivity index (χ2n) is 5.49. The number of aromatic nitrogens is 2. The first-order valence-electron chi connectivity index (χ1n) is 6.98.